The zero-order valence-electron chi connectivity index (χ0n) is 11.6. The van der Waals surface area contributed by atoms with Crippen LogP contribution in [0, 0.1) is 11.8 Å². The van der Waals surface area contributed by atoms with Gasteiger partial charge in [0, 0.05) is 6.04 Å². The third-order valence-corrected chi connectivity index (χ3v) is 4.30. The van der Waals surface area contributed by atoms with Gasteiger partial charge in [-0.15, -0.1) is 0 Å². The van der Waals surface area contributed by atoms with Crippen molar-refractivity contribution in [3.63, 3.8) is 0 Å². The molecule has 3 atom stereocenters. The van der Waals surface area contributed by atoms with Gasteiger partial charge in [0.05, 0.1) is 6.04 Å². The topological polar surface area (TPSA) is 29.5 Å². The minimum Gasteiger partial charge on any atom is -0.447 e. The molecular weight excluding hydrogens is 238 g/mol. The van der Waals surface area contributed by atoms with Gasteiger partial charge in [-0.2, -0.15) is 0 Å². The Balaban J connectivity index is 1.64. The molecule has 0 N–H and O–H groups in total. The Hall–Kier alpha value is -1.51. The van der Waals surface area contributed by atoms with Crippen molar-refractivity contribution in [1.29, 1.82) is 0 Å². The van der Waals surface area contributed by atoms with Crippen LogP contribution in [-0.4, -0.2) is 29.7 Å². The van der Waals surface area contributed by atoms with Crippen molar-refractivity contribution in [3.8, 4) is 0 Å². The monoisotopic (exact) mass is 259 g/mol. The summed E-state index contributed by atoms with van der Waals surface area (Å²) >= 11 is 0. The van der Waals surface area contributed by atoms with Crippen LogP contribution in [0.3, 0.4) is 0 Å². The first kappa shape index (κ1) is 12.5. The van der Waals surface area contributed by atoms with Gasteiger partial charge in [-0.1, -0.05) is 44.2 Å². The van der Waals surface area contributed by atoms with Crippen molar-refractivity contribution in [2.24, 2.45) is 11.8 Å². The molecule has 3 rings (SSSR count). The Labute approximate surface area is 114 Å². The highest BCUT2D eigenvalue weighted by Gasteiger charge is 2.50. The summed E-state index contributed by atoms with van der Waals surface area (Å²) in [5.41, 5.74) is 1.36. The molecule has 1 saturated carbocycles. The number of rotatable bonds is 4. The summed E-state index contributed by atoms with van der Waals surface area (Å²) in [6, 6.07) is 11.2. The van der Waals surface area contributed by atoms with E-state index in [2.05, 4.69) is 38.1 Å². The molecule has 0 spiro atoms. The third kappa shape index (κ3) is 2.46. The molecule has 0 radical (unpaired) electrons. The smallest absolute Gasteiger partial charge is 0.410 e. The quantitative estimate of drug-likeness (QED) is 0.831. The highest BCUT2D eigenvalue weighted by molar-refractivity contribution is 5.71. The van der Waals surface area contributed by atoms with Gasteiger partial charge in [0.25, 0.3) is 0 Å². The molecule has 1 aromatic carbocycles. The Morgan fingerprint density at radius 3 is 2.74 bits per heavy atom. The molecule has 3 nitrogen and oxygen atoms in total. The Bertz CT molecular complexity index is 457. The molecule has 2 fully saturated rings. The highest BCUT2D eigenvalue weighted by Crippen LogP contribution is 2.42. The second-order valence-corrected chi connectivity index (χ2v) is 6.05. The van der Waals surface area contributed by atoms with Crippen LogP contribution < -0.4 is 0 Å². The van der Waals surface area contributed by atoms with Crippen LogP contribution in [0.5, 0.6) is 0 Å². The molecule has 0 bridgehead atoms. The fourth-order valence-corrected chi connectivity index (χ4v) is 3.05. The van der Waals surface area contributed by atoms with E-state index in [1.807, 2.05) is 11.0 Å². The normalized spacial score (nSPS) is 29.7. The Morgan fingerprint density at radius 1 is 1.32 bits per heavy atom. The lowest BCUT2D eigenvalue weighted by Gasteiger charge is -2.24. The van der Waals surface area contributed by atoms with Crippen LogP contribution in [0.4, 0.5) is 4.79 Å². The maximum Gasteiger partial charge on any atom is 0.410 e. The SMILES string of the molecule is CC(C)[C@H]1COC(=O)N1[C@H]1C[C@@H]1Cc1ccccc1. The average Bonchev–Trinajstić information content (AvgIpc) is 3.02. The number of hydrogen-bond acceptors (Lipinski definition) is 2. The van der Waals surface area contributed by atoms with E-state index in [1.165, 1.54) is 5.56 Å². The lowest BCUT2D eigenvalue weighted by molar-refractivity contribution is 0.153. The van der Waals surface area contributed by atoms with Crippen LogP contribution in [0.25, 0.3) is 0 Å². The Morgan fingerprint density at radius 2 is 2.05 bits per heavy atom. The summed E-state index contributed by atoms with van der Waals surface area (Å²) in [6.45, 7) is 4.88. The van der Waals surface area contributed by atoms with Crippen LogP contribution in [-0.2, 0) is 11.2 Å². The van der Waals surface area contributed by atoms with E-state index in [0.717, 1.165) is 12.8 Å². The first-order chi connectivity index (χ1) is 9.16. The predicted molar refractivity (Wildman–Crippen MR) is 73.9 cm³/mol. The summed E-state index contributed by atoms with van der Waals surface area (Å²) < 4.78 is 5.23. The van der Waals surface area contributed by atoms with Crippen molar-refractivity contribution in [1.82, 2.24) is 4.90 Å². The van der Waals surface area contributed by atoms with Gasteiger partial charge in [-0.3, -0.25) is 4.90 Å². The minimum atomic E-state index is -0.112. The van der Waals surface area contributed by atoms with Gasteiger partial charge in [-0.25, -0.2) is 4.79 Å². The number of ether oxygens (including phenoxy) is 1. The van der Waals surface area contributed by atoms with Gasteiger partial charge >= 0.3 is 6.09 Å². The summed E-state index contributed by atoms with van der Waals surface area (Å²) in [5.74, 6) is 1.07. The van der Waals surface area contributed by atoms with E-state index in [0.29, 0.717) is 24.5 Å². The summed E-state index contributed by atoms with van der Waals surface area (Å²) in [7, 11) is 0. The molecule has 19 heavy (non-hydrogen) atoms. The van der Waals surface area contributed by atoms with Crippen LogP contribution in [0.15, 0.2) is 30.3 Å². The molecule has 2 aliphatic rings. The average molecular weight is 259 g/mol. The van der Waals surface area contributed by atoms with E-state index in [1.54, 1.807) is 0 Å². The second-order valence-electron chi connectivity index (χ2n) is 6.05. The predicted octanol–water partition coefficient (Wildman–Crippen LogP) is 3.09. The molecule has 1 saturated heterocycles. The number of benzene rings is 1. The van der Waals surface area contributed by atoms with Crippen molar-refractivity contribution < 1.29 is 9.53 Å². The van der Waals surface area contributed by atoms with E-state index >= 15 is 0 Å². The van der Waals surface area contributed by atoms with Crippen molar-refractivity contribution in [2.75, 3.05) is 6.61 Å². The van der Waals surface area contributed by atoms with Gasteiger partial charge < -0.3 is 4.74 Å². The zero-order valence-corrected chi connectivity index (χ0v) is 11.6. The molecule has 1 heterocycles. The molecule has 102 valence electrons. The Kier molecular flexibility index (Phi) is 3.21. The first-order valence-electron chi connectivity index (χ1n) is 7.16. The van der Waals surface area contributed by atoms with Gasteiger partial charge in [-0.05, 0) is 30.2 Å². The number of nitrogens with zero attached hydrogens (tertiary/aromatic N) is 1. The molecule has 0 unspecified atom stereocenters. The van der Waals surface area contributed by atoms with E-state index in [9.17, 15) is 4.79 Å². The summed E-state index contributed by atoms with van der Waals surface area (Å²) in [5, 5.41) is 0. The lowest BCUT2D eigenvalue weighted by Crippen LogP contribution is -2.39. The van der Waals surface area contributed by atoms with Crippen molar-refractivity contribution in [2.45, 2.75) is 38.8 Å². The number of amides is 1. The standard InChI is InChI=1S/C16H21NO2/c1-11(2)15-10-19-16(18)17(15)14-9-13(14)8-12-6-4-3-5-7-12/h3-7,11,13-15H,8-10H2,1-2H3/t13-,14-,15+/m0/s1. The number of carbonyl (C=O) groups excluding carboxylic acids is 1. The second kappa shape index (κ2) is 4.87. The zero-order chi connectivity index (χ0) is 13.4. The fraction of sp³-hybridized carbons (Fsp3) is 0.562. The molecular formula is C16H21NO2. The van der Waals surface area contributed by atoms with Crippen molar-refractivity contribution >= 4 is 6.09 Å². The summed E-state index contributed by atoms with van der Waals surface area (Å²) in [4.78, 5) is 13.9. The third-order valence-electron chi connectivity index (χ3n) is 4.30. The molecule has 0 aromatic heterocycles. The maximum atomic E-state index is 11.9. The molecule has 1 aromatic rings. The molecule has 1 aliphatic heterocycles. The minimum absolute atomic E-state index is 0.112. The van der Waals surface area contributed by atoms with Crippen molar-refractivity contribution in [3.05, 3.63) is 35.9 Å². The lowest BCUT2D eigenvalue weighted by atomic mass is 10.0. The maximum absolute atomic E-state index is 11.9. The molecule has 1 amide bonds. The van der Waals surface area contributed by atoms with Gasteiger partial charge in [0.1, 0.15) is 6.61 Å². The number of carbonyl (C=O) groups is 1. The van der Waals surface area contributed by atoms with Gasteiger partial charge in [0.15, 0.2) is 0 Å². The largest absolute Gasteiger partial charge is 0.447 e. The first-order valence-corrected chi connectivity index (χ1v) is 7.16. The van der Waals surface area contributed by atoms with Gasteiger partial charge in [0.2, 0.25) is 0 Å². The van der Waals surface area contributed by atoms with E-state index in [-0.39, 0.29) is 12.1 Å². The van der Waals surface area contributed by atoms with E-state index < -0.39 is 0 Å². The molecule has 1 aliphatic carbocycles. The fourth-order valence-electron chi connectivity index (χ4n) is 3.05. The van der Waals surface area contributed by atoms with Crippen LogP contribution in [0.2, 0.25) is 0 Å². The number of hydrogen-bond donors (Lipinski definition) is 0. The number of cyclic esters (lactones) is 1. The van der Waals surface area contributed by atoms with E-state index in [4.69, 9.17) is 4.74 Å². The summed E-state index contributed by atoms with van der Waals surface area (Å²) in [6.07, 6.45) is 2.08. The van der Waals surface area contributed by atoms with Crippen LogP contribution >= 0.6 is 0 Å². The van der Waals surface area contributed by atoms with Crippen LogP contribution in [0.1, 0.15) is 25.8 Å². The highest BCUT2D eigenvalue weighted by atomic mass is 16.6. The molecule has 3 heteroatoms.